The quantitative estimate of drug-likeness (QED) is 0.812. The van der Waals surface area contributed by atoms with Gasteiger partial charge in [0, 0.05) is 19.3 Å². The first-order valence-electron chi connectivity index (χ1n) is 8.08. The van der Waals surface area contributed by atoms with Crippen LogP contribution in [0.15, 0.2) is 30.3 Å². The van der Waals surface area contributed by atoms with Crippen molar-refractivity contribution in [1.29, 1.82) is 0 Å². The fourth-order valence-corrected chi connectivity index (χ4v) is 3.13. The van der Waals surface area contributed by atoms with Crippen molar-refractivity contribution < 1.29 is 33.9 Å². The lowest BCUT2D eigenvalue weighted by molar-refractivity contribution is -0.388. The molecule has 6 atom stereocenters. The summed E-state index contributed by atoms with van der Waals surface area (Å²) in [5.41, 5.74) is -0.825. The van der Waals surface area contributed by atoms with Crippen molar-refractivity contribution in [2.75, 3.05) is 26.9 Å². The third-order valence-corrected chi connectivity index (χ3v) is 4.43. The van der Waals surface area contributed by atoms with E-state index in [0.29, 0.717) is 6.61 Å². The molecule has 134 valence electrons. The van der Waals surface area contributed by atoms with E-state index in [-0.39, 0.29) is 13.2 Å². The predicted molar refractivity (Wildman–Crippen MR) is 83.1 cm³/mol. The summed E-state index contributed by atoms with van der Waals surface area (Å²) in [5.74, 6) is 0. The highest BCUT2D eigenvalue weighted by molar-refractivity contribution is 5.17. The summed E-state index contributed by atoms with van der Waals surface area (Å²) in [4.78, 5) is 0. The SMILES string of the molecule is CCOC[C@@]1(O)[C@H](O)[C@@H](OC)O[C@@H]2COC(c3ccccc3)O[C@H]21. The van der Waals surface area contributed by atoms with Crippen LogP contribution < -0.4 is 0 Å². The second-order valence-corrected chi connectivity index (χ2v) is 5.98. The van der Waals surface area contributed by atoms with E-state index in [0.717, 1.165) is 5.56 Å². The summed E-state index contributed by atoms with van der Waals surface area (Å²) >= 11 is 0. The molecule has 1 aromatic rings. The molecule has 0 bridgehead atoms. The van der Waals surface area contributed by atoms with Gasteiger partial charge in [-0.05, 0) is 6.92 Å². The minimum Gasteiger partial charge on any atom is -0.385 e. The maximum absolute atomic E-state index is 11.1. The average molecular weight is 340 g/mol. The second kappa shape index (κ2) is 7.45. The molecule has 2 aliphatic rings. The average Bonchev–Trinajstić information content (AvgIpc) is 2.63. The Morgan fingerprint density at radius 3 is 2.67 bits per heavy atom. The van der Waals surface area contributed by atoms with Crippen LogP contribution in [0, 0.1) is 0 Å². The van der Waals surface area contributed by atoms with E-state index >= 15 is 0 Å². The third kappa shape index (κ3) is 3.21. The first-order chi connectivity index (χ1) is 11.6. The molecule has 7 heteroatoms. The molecule has 1 aromatic carbocycles. The molecule has 2 N–H and O–H groups in total. The monoisotopic (exact) mass is 340 g/mol. The fourth-order valence-electron chi connectivity index (χ4n) is 3.13. The molecule has 3 rings (SSSR count). The number of fused-ring (bicyclic) bond motifs is 1. The van der Waals surface area contributed by atoms with Crippen LogP contribution in [0.3, 0.4) is 0 Å². The van der Waals surface area contributed by atoms with Crippen LogP contribution in [-0.4, -0.2) is 67.3 Å². The molecule has 24 heavy (non-hydrogen) atoms. The normalized spacial score (nSPS) is 39.4. The van der Waals surface area contributed by atoms with Crippen LogP contribution in [-0.2, 0) is 23.7 Å². The minimum absolute atomic E-state index is 0.0867. The maximum atomic E-state index is 11.1. The fraction of sp³-hybridized carbons (Fsp3) is 0.647. The summed E-state index contributed by atoms with van der Waals surface area (Å²) in [6, 6.07) is 9.42. The molecule has 2 heterocycles. The van der Waals surface area contributed by atoms with E-state index in [2.05, 4.69) is 0 Å². The Balaban J connectivity index is 1.84. The number of hydrogen-bond donors (Lipinski definition) is 2. The minimum atomic E-state index is -1.66. The van der Waals surface area contributed by atoms with Crippen molar-refractivity contribution in [1.82, 2.24) is 0 Å². The Morgan fingerprint density at radius 2 is 2.00 bits per heavy atom. The molecule has 0 saturated carbocycles. The molecular formula is C17H24O7. The van der Waals surface area contributed by atoms with Gasteiger partial charge in [0.2, 0.25) is 0 Å². The Bertz CT molecular complexity index is 525. The van der Waals surface area contributed by atoms with Crippen molar-refractivity contribution in [3.8, 4) is 0 Å². The van der Waals surface area contributed by atoms with Crippen LogP contribution in [0.1, 0.15) is 18.8 Å². The zero-order valence-corrected chi connectivity index (χ0v) is 13.8. The van der Waals surface area contributed by atoms with Gasteiger partial charge in [-0.15, -0.1) is 0 Å². The number of aliphatic hydroxyl groups is 2. The lowest BCUT2D eigenvalue weighted by Crippen LogP contribution is -2.71. The molecule has 2 aliphatic heterocycles. The topological polar surface area (TPSA) is 86.6 Å². The van der Waals surface area contributed by atoms with Crippen LogP contribution in [0.2, 0.25) is 0 Å². The predicted octanol–water partition coefficient (Wildman–Crippen LogP) is 0.600. The zero-order valence-electron chi connectivity index (χ0n) is 13.8. The molecule has 0 aliphatic carbocycles. The summed E-state index contributed by atoms with van der Waals surface area (Å²) < 4.78 is 27.9. The summed E-state index contributed by atoms with van der Waals surface area (Å²) in [6.45, 7) is 2.35. The summed E-state index contributed by atoms with van der Waals surface area (Å²) in [6.07, 6.45) is -4.29. The maximum Gasteiger partial charge on any atom is 0.186 e. The van der Waals surface area contributed by atoms with Gasteiger partial charge in [-0.3, -0.25) is 0 Å². The van der Waals surface area contributed by atoms with E-state index in [4.69, 9.17) is 23.7 Å². The smallest absolute Gasteiger partial charge is 0.186 e. The summed E-state index contributed by atoms with van der Waals surface area (Å²) in [7, 11) is 1.41. The molecule has 2 fully saturated rings. The highest BCUT2D eigenvalue weighted by Gasteiger charge is 2.59. The van der Waals surface area contributed by atoms with Gasteiger partial charge in [0.25, 0.3) is 0 Å². The second-order valence-electron chi connectivity index (χ2n) is 5.98. The number of benzene rings is 1. The molecule has 7 nitrogen and oxygen atoms in total. The largest absolute Gasteiger partial charge is 0.385 e. The lowest BCUT2D eigenvalue weighted by Gasteiger charge is -2.52. The number of aliphatic hydroxyl groups excluding tert-OH is 1. The number of hydrogen-bond acceptors (Lipinski definition) is 7. The van der Waals surface area contributed by atoms with Crippen molar-refractivity contribution in [2.24, 2.45) is 0 Å². The highest BCUT2D eigenvalue weighted by Crippen LogP contribution is 2.39. The first kappa shape index (κ1) is 17.8. The number of rotatable bonds is 5. The Morgan fingerprint density at radius 1 is 1.25 bits per heavy atom. The molecular weight excluding hydrogens is 316 g/mol. The van der Waals surface area contributed by atoms with E-state index in [1.165, 1.54) is 7.11 Å². The highest BCUT2D eigenvalue weighted by atomic mass is 16.8. The molecule has 0 spiro atoms. The first-order valence-corrected chi connectivity index (χ1v) is 8.08. The van der Waals surface area contributed by atoms with Crippen LogP contribution in [0.4, 0.5) is 0 Å². The van der Waals surface area contributed by atoms with Gasteiger partial charge in [-0.2, -0.15) is 0 Å². The summed E-state index contributed by atoms with van der Waals surface area (Å²) in [5, 5.41) is 21.6. The van der Waals surface area contributed by atoms with Gasteiger partial charge in [-0.1, -0.05) is 30.3 Å². The molecule has 0 amide bonds. The van der Waals surface area contributed by atoms with Gasteiger partial charge >= 0.3 is 0 Å². The van der Waals surface area contributed by atoms with Gasteiger partial charge in [0.1, 0.15) is 23.9 Å². The van der Waals surface area contributed by atoms with Crippen molar-refractivity contribution >= 4 is 0 Å². The van der Waals surface area contributed by atoms with Gasteiger partial charge in [0.05, 0.1) is 13.2 Å². The van der Waals surface area contributed by atoms with Crippen molar-refractivity contribution in [2.45, 2.75) is 43.4 Å². The van der Waals surface area contributed by atoms with Gasteiger partial charge < -0.3 is 33.9 Å². The van der Waals surface area contributed by atoms with Gasteiger partial charge in [-0.25, -0.2) is 0 Å². The van der Waals surface area contributed by atoms with E-state index in [1.807, 2.05) is 37.3 Å². The van der Waals surface area contributed by atoms with Crippen LogP contribution in [0.5, 0.6) is 0 Å². The van der Waals surface area contributed by atoms with E-state index < -0.39 is 36.5 Å². The van der Waals surface area contributed by atoms with E-state index in [1.54, 1.807) is 0 Å². The van der Waals surface area contributed by atoms with Gasteiger partial charge in [0.15, 0.2) is 12.6 Å². The number of methoxy groups -OCH3 is 1. The Labute approximate surface area is 141 Å². The number of ether oxygens (including phenoxy) is 5. The van der Waals surface area contributed by atoms with Crippen molar-refractivity contribution in [3.05, 3.63) is 35.9 Å². The molecule has 2 saturated heterocycles. The van der Waals surface area contributed by atoms with Crippen molar-refractivity contribution in [3.63, 3.8) is 0 Å². The van der Waals surface area contributed by atoms with Crippen LogP contribution in [0.25, 0.3) is 0 Å². The molecule has 1 unspecified atom stereocenters. The molecule has 0 aromatic heterocycles. The van der Waals surface area contributed by atoms with E-state index in [9.17, 15) is 10.2 Å². The lowest BCUT2D eigenvalue weighted by atomic mass is 9.84. The van der Waals surface area contributed by atoms with Crippen LogP contribution >= 0.6 is 0 Å². The standard InChI is InChI=1S/C17H24O7/c1-3-21-10-17(19)13(18)16(20-2)23-12-9-22-15(24-14(12)17)11-7-5-4-6-8-11/h4-8,12-16,18-19H,3,9-10H2,1-2H3/t12-,13-,14-,15?,16+,17-/m1/s1. The zero-order chi connectivity index (χ0) is 17.2. The Kier molecular flexibility index (Phi) is 5.51. The Hall–Kier alpha value is -1.06. The molecule has 0 radical (unpaired) electrons. The third-order valence-electron chi connectivity index (χ3n) is 4.43.